The first-order valence-corrected chi connectivity index (χ1v) is 6.92. The summed E-state index contributed by atoms with van der Waals surface area (Å²) in [5, 5.41) is 6.62. The highest BCUT2D eigenvalue weighted by atomic mass is 32.1. The van der Waals surface area contributed by atoms with Gasteiger partial charge in [0.05, 0.1) is 19.3 Å². The summed E-state index contributed by atoms with van der Waals surface area (Å²) in [5.74, 6) is 0. The number of methoxy groups -OCH3 is 1. The Labute approximate surface area is 107 Å². The van der Waals surface area contributed by atoms with Gasteiger partial charge in [0.1, 0.15) is 5.01 Å². The zero-order valence-electron chi connectivity index (χ0n) is 10.6. The molecule has 0 saturated carbocycles. The van der Waals surface area contributed by atoms with Crippen molar-refractivity contribution in [1.82, 2.24) is 10.3 Å². The Balaban J connectivity index is 1.90. The molecule has 0 bridgehead atoms. The fourth-order valence-electron chi connectivity index (χ4n) is 1.43. The van der Waals surface area contributed by atoms with E-state index >= 15 is 0 Å². The van der Waals surface area contributed by atoms with E-state index in [1.807, 2.05) is 11.6 Å². The van der Waals surface area contributed by atoms with Crippen molar-refractivity contribution in [3.8, 4) is 0 Å². The van der Waals surface area contributed by atoms with Crippen LogP contribution in [0.25, 0.3) is 0 Å². The van der Waals surface area contributed by atoms with Crippen LogP contribution >= 0.6 is 11.3 Å². The van der Waals surface area contributed by atoms with E-state index in [9.17, 15) is 0 Å². The SMILES string of the molecule is COCCOCCCCNC(C)c1nccs1. The molecule has 0 aliphatic carbocycles. The van der Waals surface area contributed by atoms with Crippen LogP contribution in [0.2, 0.25) is 0 Å². The van der Waals surface area contributed by atoms with Crippen LogP contribution in [0.1, 0.15) is 30.8 Å². The minimum Gasteiger partial charge on any atom is -0.382 e. The summed E-state index contributed by atoms with van der Waals surface area (Å²) >= 11 is 1.70. The van der Waals surface area contributed by atoms with Crippen molar-refractivity contribution in [3.05, 3.63) is 16.6 Å². The van der Waals surface area contributed by atoms with Crippen LogP contribution in [0, 0.1) is 0 Å². The van der Waals surface area contributed by atoms with E-state index in [4.69, 9.17) is 9.47 Å². The Kier molecular flexibility index (Phi) is 8.17. The molecule has 5 heteroatoms. The fourth-order valence-corrected chi connectivity index (χ4v) is 2.10. The van der Waals surface area contributed by atoms with Gasteiger partial charge in [0.25, 0.3) is 0 Å². The molecule has 17 heavy (non-hydrogen) atoms. The maximum absolute atomic E-state index is 5.39. The van der Waals surface area contributed by atoms with E-state index in [0.29, 0.717) is 19.3 Å². The molecule has 1 atom stereocenters. The molecule has 1 unspecified atom stereocenters. The molecule has 0 amide bonds. The lowest BCUT2D eigenvalue weighted by molar-refractivity contribution is 0.0687. The van der Waals surface area contributed by atoms with Gasteiger partial charge in [-0.15, -0.1) is 11.3 Å². The average Bonchev–Trinajstić information content (AvgIpc) is 2.86. The quantitative estimate of drug-likeness (QED) is 0.654. The predicted octanol–water partition coefficient (Wildman–Crippen LogP) is 2.24. The molecule has 1 N–H and O–H groups in total. The van der Waals surface area contributed by atoms with Crippen LogP contribution in [0.5, 0.6) is 0 Å². The number of rotatable bonds is 10. The number of nitrogens with one attached hydrogen (secondary N) is 1. The summed E-state index contributed by atoms with van der Waals surface area (Å²) in [4.78, 5) is 4.28. The lowest BCUT2D eigenvalue weighted by Gasteiger charge is -2.10. The van der Waals surface area contributed by atoms with Crippen molar-refractivity contribution >= 4 is 11.3 Å². The third-order valence-corrected chi connectivity index (χ3v) is 3.38. The van der Waals surface area contributed by atoms with Gasteiger partial charge in [0, 0.05) is 25.3 Å². The van der Waals surface area contributed by atoms with Crippen molar-refractivity contribution in [2.24, 2.45) is 0 Å². The first-order valence-electron chi connectivity index (χ1n) is 6.04. The Morgan fingerprint density at radius 2 is 2.24 bits per heavy atom. The molecule has 1 aromatic heterocycles. The average molecular weight is 258 g/mol. The summed E-state index contributed by atoms with van der Waals surface area (Å²) in [5.41, 5.74) is 0. The van der Waals surface area contributed by atoms with Crippen LogP contribution in [0.15, 0.2) is 11.6 Å². The van der Waals surface area contributed by atoms with Gasteiger partial charge in [-0.1, -0.05) is 0 Å². The van der Waals surface area contributed by atoms with Crippen molar-refractivity contribution < 1.29 is 9.47 Å². The maximum Gasteiger partial charge on any atom is 0.109 e. The molecule has 1 aromatic rings. The lowest BCUT2D eigenvalue weighted by Crippen LogP contribution is -2.20. The summed E-state index contributed by atoms with van der Waals surface area (Å²) in [6, 6.07) is 0.351. The highest BCUT2D eigenvalue weighted by Gasteiger charge is 2.05. The van der Waals surface area contributed by atoms with Gasteiger partial charge >= 0.3 is 0 Å². The van der Waals surface area contributed by atoms with E-state index in [-0.39, 0.29) is 0 Å². The molecule has 4 nitrogen and oxygen atoms in total. The molecule has 0 aliphatic heterocycles. The third kappa shape index (κ3) is 6.73. The van der Waals surface area contributed by atoms with Crippen LogP contribution < -0.4 is 5.32 Å². The van der Waals surface area contributed by atoms with Gasteiger partial charge in [-0.2, -0.15) is 0 Å². The molecule has 0 saturated heterocycles. The largest absolute Gasteiger partial charge is 0.382 e. The first-order chi connectivity index (χ1) is 8.34. The lowest BCUT2D eigenvalue weighted by atomic mass is 10.3. The molecule has 98 valence electrons. The van der Waals surface area contributed by atoms with Crippen LogP contribution in [-0.4, -0.2) is 38.5 Å². The molecule has 0 aromatic carbocycles. The van der Waals surface area contributed by atoms with E-state index < -0.39 is 0 Å². The third-order valence-electron chi connectivity index (χ3n) is 2.42. The maximum atomic E-state index is 5.39. The molecular weight excluding hydrogens is 236 g/mol. The Morgan fingerprint density at radius 3 is 2.94 bits per heavy atom. The van der Waals surface area contributed by atoms with E-state index in [1.165, 1.54) is 0 Å². The van der Waals surface area contributed by atoms with Gasteiger partial charge in [-0.3, -0.25) is 0 Å². The number of unbranched alkanes of at least 4 members (excludes halogenated alkanes) is 1. The van der Waals surface area contributed by atoms with Gasteiger partial charge < -0.3 is 14.8 Å². The van der Waals surface area contributed by atoms with Crippen LogP contribution in [-0.2, 0) is 9.47 Å². The van der Waals surface area contributed by atoms with Gasteiger partial charge in [0.2, 0.25) is 0 Å². The van der Waals surface area contributed by atoms with Crippen molar-refractivity contribution in [2.45, 2.75) is 25.8 Å². The zero-order valence-corrected chi connectivity index (χ0v) is 11.5. The summed E-state index contributed by atoms with van der Waals surface area (Å²) in [6.07, 6.45) is 4.06. The summed E-state index contributed by atoms with van der Waals surface area (Å²) in [6.45, 7) is 5.34. The van der Waals surface area contributed by atoms with Crippen LogP contribution in [0.4, 0.5) is 0 Å². The van der Waals surface area contributed by atoms with Crippen molar-refractivity contribution in [3.63, 3.8) is 0 Å². The minimum atomic E-state index is 0.351. The zero-order chi connectivity index (χ0) is 12.3. The smallest absolute Gasteiger partial charge is 0.109 e. The summed E-state index contributed by atoms with van der Waals surface area (Å²) in [7, 11) is 1.69. The minimum absolute atomic E-state index is 0.351. The number of hydrogen-bond acceptors (Lipinski definition) is 5. The molecule has 1 heterocycles. The van der Waals surface area contributed by atoms with E-state index in [2.05, 4.69) is 17.2 Å². The van der Waals surface area contributed by atoms with Crippen LogP contribution in [0.3, 0.4) is 0 Å². The standard InChI is InChI=1S/C12H22N2O2S/c1-11(12-14-6-10-17-12)13-5-3-4-7-16-9-8-15-2/h6,10-11,13H,3-5,7-9H2,1-2H3. The van der Waals surface area contributed by atoms with Gasteiger partial charge in [-0.25, -0.2) is 4.98 Å². The summed E-state index contributed by atoms with van der Waals surface area (Å²) < 4.78 is 10.3. The number of ether oxygens (including phenoxy) is 2. The highest BCUT2D eigenvalue weighted by Crippen LogP contribution is 2.14. The Morgan fingerprint density at radius 1 is 1.35 bits per heavy atom. The van der Waals surface area contributed by atoms with Gasteiger partial charge in [-0.05, 0) is 26.3 Å². The molecule has 0 aliphatic rings. The first kappa shape index (κ1) is 14.6. The number of nitrogens with zero attached hydrogens (tertiary/aromatic N) is 1. The predicted molar refractivity (Wildman–Crippen MR) is 70.5 cm³/mol. The van der Waals surface area contributed by atoms with E-state index in [1.54, 1.807) is 18.4 Å². The molecule has 0 fully saturated rings. The normalized spacial score (nSPS) is 12.8. The molecule has 0 spiro atoms. The van der Waals surface area contributed by atoms with Crippen molar-refractivity contribution in [1.29, 1.82) is 0 Å². The number of hydrogen-bond donors (Lipinski definition) is 1. The molecule has 1 rings (SSSR count). The second-order valence-corrected chi connectivity index (χ2v) is 4.78. The van der Waals surface area contributed by atoms with Gasteiger partial charge in [0.15, 0.2) is 0 Å². The van der Waals surface area contributed by atoms with Crippen molar-refractivity contribution in [2.75, 3.05) is 33.5 Å². The number of thiazole rings is 1. The Hall–Kier alpha value is -0.490. The molecule has 0 radical (unpaired) electrons. The Bertz CT molecular complexity index is 267. The monoisotopic (exact) mass is 258 g/mol. The number of aromatic nitrogens is 1. The highest BCUT2D eigenvalue weighted by molar-refractivity contribution is 7.09. The molecular formula is C12H22N2O2S. The topological polar surface area (TPSA) is 43.4 Å². The van der Waals surface area contributed by atoms with E-state index in [0.717, 1.165) is 31.0 Å². The second-order valence-electron chi connectivity index (χ2n) is 3.86. The second kappa shape index (κ2) is 9.53. The fraction of sp³-hybridized carbons (Fsp3) is 0.750.